The Kier molecular flexibility index (Phi) is 1.88. The van der Waals surface area contributed by atoms with E-state index in [1.807, 2.05) is 0 Å². The molecule has 2 aromatic rings. The molecule has 0 unspecified atom stereocenters. The average Bonchev–Trinajstić information content (AvgIpc) is 2.41. The Morgan fingerprint density at radius 3 is 2.64 bits per heavy atom. The number of aromatic nitrogens is 3. The summed E-state index contributed by atoms with van der Waals surface area (Å²) in [5.41, 5.74) is -0.693. The lowest BCUT2D eigenvalue weighted by Gasteiger charge is -2.04. The smallest absolute Gasteiger partial charge is 0.219 e. The van der Waals surface area contributed by atoms with Gasteiger partial charge in [0.05, 0.1) is 6.20 Å². The minimum Gasteiger partial charge on any atom is -0.219 e. The summed E-state index contributed by atoms with van der Waals surface area (Å²) in [4.78, 5) is 3.73. The Balaban J connectivity index is 2.62. The maximum atomic E-state index is 12.2. The third-order valence-corrected chi connectivity index (χ3v) is 1.76. The summed E-state index contributed by atoms with van der Waals surface area (Å²) in [5.74, 6) is 0. The van der Waals surface area contributed by atoms with Crippen molar-refractivity contribution < 1.29 is 13.2 Å². The van der Waals surface area contributed by atoms with Crippen molar-refractivity contribution in [3.8, 4) is 0 Å². The highest BCUT2D eigenvalue weighted by Gasteiger charge is 2.33. The number of rotatable bonds is 0. The molecule has 0 aromatic carbocycles. The molecule has 0 bridgehead atoms. The molecule has 7 heteroatoms. The minimum atomic E-state index is -4.45. The molecule has 0 saturated carbocycles. The Labute approximate surface area is 81.1 Å². The van der Waals surface area contributed by atoms with Gasteiger partial charge in [-0.25, -0.2) is 9.50 Å². The highest BCUT2D eigenvalue weighted by Crippen LogP contribution is 2.27. The third kappa shape index (κ3) is 1.52. The van der Waals surface area contributed by atoms with Crippen molar-refractivity contribution >= 4 is 17.2 Å². The molecule has 0 aliphatic carbocycles. The summed E-state index contributed by atoms with van der Waals surface area (Å²) in [6, 6.07) is 2.07. The Morgan fingerprint density at radius 1 is 1.29 bits per heavy atom. The van der Waals surface area contributed by atoms with Gasteiger partial charge in [0.25, 0.3) is 0 Å². The zero-order chi connectivity index (χ0) is 10.3. The van der Waals surface area contributed by atoms with Crippen LogP contribution in [-0.4, -0.2) is 14.6 Å². The molecule has 2 heterocycles. The molecular formula is C7H3ClF3N3. The summed E-state index contributed by atoms with van der Waals surface area (Å²) in [7, 11) is 0. The van der Waals surface area contributed by atoms with Crippen LogP contribution in [-0.2, 0) is 6.18 Å². The fraction of sp³-hybridized carbons (Fsp3) is 0.143. The molecule has 3 nitrogen and oxygen atoms in total. The summed E-state index contributed by atoms with van der Waals surface area (Å²) >= 11 is 5.50. The van der Waals surface area contributed by atoms with Gasteiger partial charge in [0.1, 0.15) is 5.15 Å². The number of alkyl halides is 3. The van der Waals surface area contributed by atoms with E-state index in [1.54, 1.807) is 0 Å². The van der Waals surface area contributed by atoms with Crippen LogP contribution in [0.25, 0.3) is 5.65 Å². The summed E-state index contributed by atoms with van der Waals surface area (Å²) in [6.45, 7) is 0. The highest BCUT2D eigenvalue weighted by molar-refractivity contribution is 6.29. The summed E-state index contributed by atoms with van der Waals surface area (Å²) in [6.07, 6.45) is -3.24. The first-order valence-corrected chi connectivity index (χ1v) is 3.94. The normalized spacial score (nSPS) is 12.3. The van der Waals surface area contributed by atoms with E-state index in [4.69, 9.17) is 11.6 Å². The average molecular weight is 222 g/mol. The van der Waals surface area contributed by atoms with E-state index in [9.17, 15) is 13.2 Å². The van der Waals surface area contributed by atoms with E-state index in [-0.39, 0.29) is 10.8 Å². The Hall–Kier alpha value is -1.30. The van der Waals surface area contributed by atoms with Crippen LogP contribution in [0.4, 0.5) is 13.2 Å². The molecule has 74 valence electrons. The SMILES string of the molecule is FC(F)(F)c1ccc2nc(Cl)cn2n1. The molecule has 0 atom stereocenters. The zero-order valence-corrected chi connectivity index (χ0v) is 7.34. The van der Waals surface area contributed by atoms with Crippen molar-refractivity contribution in [2.24, 2.45) is 0 Å². The van der Waals surface area contributed by atoms with E-state index in [0.29, 0.717) is 0 Å². The lowest BCUT2D eigenvalue weighted by molar-refractivity contribution is -0.141. The van der Waals surface area contributed by atoms with Crippen molar-refractivity contribution in [2.75, 3.05) is 0 Å². The molecule has 0 aliphatic rings. The van der Waals surface area contributed by atoms with Gasteiger partial charge in [0.2, 0.25) is 0 Å². The molecule has 0 amide bonds. The van der Waals surface area contributed by atoms with Gasteiger partial charge in [-0.05, 0) is 12.1 Å². The molecular weight excluding hydrogens is 219 g/mol. The van der Waals surface area contributed by atoms with Crippen LogP contribution in [0.15, 0.2) is 18.3 Å². The Morgan fingerprint density at radius 2 is 2.00 bits per heavy atom. The van der Waals surface area contributed by atoms with E-state index in [0.717, 1.165) is 10.6 Å². The number of hydrogen-bond donors (Lipinski definition) is 0. The first-order valence-electron chi connectivity index (χ1n) is 3.56. The predicted molar refractivity (Wildman–Crippen MR) is 43.0 cm³/mol. The fourth-order valence-electron chi connectivity index (χ4n) is 1.00. The van der Waals surface area contributed by atoms with Gasteiger partial charge in [0, 0.05) is 0 Å². The minimum absolute atomic E-state index is 0.108. The number of nitrogens with zero attached hydrogens (tertiary/aromatic N) is 3. The van der Waals surface area contributed by atoms with Crippen molar-refractivity contribution in [3.63, 3.8) is 0 Å². The van der Waals surface area contributed by atoms with E-state index in [2.05, 4.69) is 10.1 Å². The van der Waals surface area contributed by atoms with Gasteiger partial charge in [-0.2, -0.15) is 18.3 Å². The second kappa shape index (κ2) is 2.84. The maximum absolute atomic E-state index is 12.2. The molecule has 0 radical (unpaired) electrons. The largest absolute Gasteiger partial charge is 0.435 e. The van der Waals surface area contributed by atoms with Gasteiger partial charge in [-0.15, -0.1) is 0 Å². The monoisotopic (exact) mass is 221 g/mol. The van der Waals surface area contributed by atoms with Gasteiger partial charge in [0.15, 0.2) is 11.3 Å². The number of imidazole rings is 1. The lowest BCUT2D eigenvalue weighted by atomic mass is 10.4. The number of fused-ring (bicyclic) bond motifs is 1. The molecule has 14 heavy (non-hydrogen) atoms. The quantitative estimate of drug-likeness (QED) is 0.684. The predicted octanol–water partition coefficient (Wildman–Crippen LogP) is 2.40. The fourth-order valence-corrected chi connectivity index (χ4v) is 1.18. The molecule has 0 spiro atoms. The molecule has 0 fully saturated rings. The van der Waals surface area contributed by atoms with Crippen LogP contribution >= 0.6 is 11.6 Å². The standard InChI is InChI=1S/C7H3ClF3N3/c8-5-3-14-6(12-5)2-1-4(13-14)7(9,10)11/h1-3H. The van der Waals surface area contributed by atoms with Crippen LogP contribution in [0.1, 0.15) is 5.69 Å². The number of hydrogen-bond acceptors (Lipinski definition) is 2. The van der Waals surface area contributed by atoms with Crippen molar-refractivity contribution in [2.45, 2.75) is 6.18 Å². The highest BCUT2D eigenvalue weighted by atomic mass is 35.5. The number of halogens is 4. The van der Waals surface area contributed by atoms with Gasteiger partial charge in [-0.1, -0.05) is 11.6 Å². The zero-order valence-electron chi connectivity index (χ0n) is 6.59. The van der Waals surface area contributed by atoms with Crippen molar-refractivity contribution in [3.05, 3.63) is 29.2 Å². The van der Waals surface area contributed by atoms with Crippen LogP contribution in [0.2, 0.25) is 5.15 Å². The second-order valence-electron chi connectivity index (χ2n) is 2.58. The first-order chi connectivity index (χ1) is 6.47. The van der Waals surface area contributed by atoms with E-state index in [1.165, 1.54) is 12.3 Å². The Bertz CT molecular complexity index is 476. The maximum Gasteiger partial charge on any atom is 0.435 e. The van der Waals surface area contributed by atoms with Gasteiger partial charge >= 0.3 is 6.18 Å². The third-order valence-electron chi connectivity index (χ3n) is 1.58. The lowest BCUT2D eigenvalue weighted by Crippen LogP contribution is -2.10. The van der Waals surface area contributed by atoms with Crippen molar-refractivity contribution in [1.82, 2.24) is 14.6 Å². The van der Waals surface area contributed by atoms with Crippen LogP contribution < -0.4 is 0 Å². The second-order valence-corrected chi connectivity index (χ2v) is 2.97. The van der Waals surface area contributed by atoms with E-state index < -0.39 is 11.9 Å². The topological polar surface area (TPSA) is 30.2 Å². The van der Waals surface area contributed by atoms with Crippen LogP contribution in [0.5, 0.6) is 0 Å². The summed E-state index contributed by atoms with van der Waals surface area (Å²) < 4.78 is 37.6. The molecule has 0 aliphatic heterocycles. The molecule has 0 N–H and O–H groups in total. The molecule has 2 aromatic heterocycles. The van der Waals surface area contributed by atoms with Gasteiger partial charge < -0.3 is 0 Å². The van der Waals surface area contributed by atoms with E-state index >= 15 is 0 Å². The molecule has 0 saturated heterocycles. The first kappa shape index (κ1) is 9.26. The molecule has 2 rings (SSSR count). The van der Waals surface area contributed by atoms with Crippen molar-refractivity contribution in [1.29, 1.82) is 0 Å². The van der Waals surface area contributed by atoms with Crippen LogP contribution in [0, 0.1) is 0 Å². The summed E-state index contributed by atoms with van der Waals surface area (Å²) in [5, 5.41) is 3.42. The van der Waals surface area contributed by atoms with Crippen LogP contribution in [0.3, 0.4) is 0 Å². The van der Waals surface area contributed by atoms with Gasteiger partial charge in [-0.3, -0.25) is 0 Å².